The Labute approximate surface area is 102 Å². The molecule has 0 radical (unpaired) electrons. The number of carbonyl (C=O) groups excluding carboxylic acids is 1. The van der Waals surface area contributed by atoms with Gasteiger partial charge in [-0.25, -0.2) is 0 Å². The standard InChI is InChI=1S/C16H14O/c1-3-10-16(11-4-2)12-9-13-7-5-6-8-14(13)15(16)17/h1-2,5-8H,9-12H2. The Morgan fingerprint density at radius 1 is 1.18 bits per heavy atom. The molecular formula is C16H14O. The summed E-state index contributed by atoms with van der Waals surface area (Å²) in [4.78, 5) is 12.5. The summed E-state index contributed by atoms with van der Waals surface area (Å²) < 4.78 is 0. The molecule has 0 fully saturated rings. The van der Waals surface area contributed by atoms with E-state index in [0.717, 1.165) is 24.0 Å². The van der Waals surface area contributed by atoms with Crippen LogP contribution >= 0.6 is 0 Å². The normalized spacial score (nSPS) is 16.7. The molecule has 17 heavy (non-hydrogen) atoms. The summed E-state index contributed by atoms with van der Waals surface area (Å²) in [7, 11) is 0. The topological polar surface area (TPSA) is 17.1 Å². The average Bonchev–Trinajstić information content (AvgIpc) is 2.35. The third kappa shape index (κ3) is 1.85. The van der Waals surface area contributed by atoms with Crippen LogP contribution in [-0.2, 0) is 6.42 Å². The van der Waals surface area contributed by atoms with Crippen LogP contribution in [0.5, 0.6) is 0 Å². The number of rotatable bonds is 2. The molecule has 0 aromatic heterocycles. The van der Waals surface area contributed by atoms with E-state index in [1.54, 1.807) is 0 Å². The van der Waals surface area contributed by atoms with Gasteiger partial charge in [-0.3, -0.25) is 4.79 Å². The molecule has 1 aromatic carbocycles. The quantitative estimate of drug-likeness (QED) is 0.703. The molecule has 1 heteroatoms. The maximum atomic E-state index is 12.5. The number of hydrogen-bond acceptors (Lipinski definition) is 1. The summed E-state index contributed by atoms with van der Waals surface area (Å²) in [5, 5.41) is 0. The van der Waals surface area contributed by atoms with Crippen LogP contribution in [0.1, 0.15) is 35.2 Å². The molecule has 0 saturated heterocycles. The zero-order valence-corrected chi connectivity index (χ0v) is 9.70. The number of benzene rings is 1. The SMILES string of the molecule is C#CCC1(CC#C)CCc2ccccc2C1=O. The lowest BCUT2D eigenvalue weighted by Gasteiger charge is -2.33. The molecule has 0 bridgehead atoms. The van der Waals surface area contributed by atoms with E-state index in [2.05, 4.69) is 11.8 Å². The molecule has 1 aliphatic rings. The molecule has 0 saturated carbocycles. The molecule has 0 heterocycles. The monoisotopic (exact) mass is 222 g/mol. The molecule has 2 rings (SSSR count). The summed E-state index contributed by atoms with van der Waals surface area (Å²) >= 11 is 0. The molecule has 1 nitrogen and oxygen atoms in total. The lowest BCUT2D eigenvalue weighted by atomic mass is 9.67. The lowest BCUT2D eigenvalue weighted by molar-refractivity contribution is 0.0770. The van der Waals surface area contributed by atoms with Gasteiger partial charge in [-0.05, 0) is 18.4 Å². The van der Waals surface area contributed by atoms with E-state index in [9.17, 15) is 4.79 Å². The Bertz CT molecular complexity index is 509. The van der Waals surface area contributed by atoms with E-state index < -0.39 is 5.41 Å². The molecule has 1 aliphatic carbocycles. The van der Waals surface area contributed by atoms with Crippen LogP contribution in [0.25, 0.3) is 0 Å². The minimum Gasteiger partial charge on any atom is -0.293 e. The van der Waals surface area contributed by atoms with Crippen molar-refractivity contribution in [3.05, 3.63) is 35.4 Å². The lowest BCUT2D eigenvalue weighted by Crippen LogP contribution is -2.35. The first-order valence-electron chi connectivity index (χ1n) is 5.73. The van der Waals surface area contributed by atoms with Gasteiger partial charge in [-0.1, -0.05) is 24.3 Å². The zero-order chi connectivity index (χ0) is 12.3. The van der Waals surface area contributed by atoms with Crippen molar-refractivity contribution in [2.75, 3.05) is 0 Å². The molecule has 1 aromatic rings. The van der Waals surface area contributed by atoms with E-state index in [0.29, 0.717) is 12.8 Å². The predicted octanol–water partition coefficient (Wildman–Crippen LogP) is 2.85. The van der Waals surface area contributed by atoms with Crippen molar-refractivity contribution in [3.63, 3.8) is 0 Å². The van der Waals surface area contributed by atoms with Crippen LogP contribution in [0, 0.1) is 30.1 Å². The fraction of sp³-hybridized carbons (Fsp3) is 0.312. The van der Waals surface area contributed by atoms with Crippen molar-refractivity contribution in [2.45, 2.75) is 25.7 Å². The fourth-order valence-corrected chi connectivity index (χ4v) is 2.52. The predicted molar refractivity (Wildman–Crippen MR) is 68.4 cm³/mol. The Balaban J connectivity index is 2.45. The van der Waals surface area contributed by atoms with E-state index >= 15 is 0 Å². The largest absolute Gasteiger partial charge is 0.293 e. The van der Waals surface area contributed by atoms with Crippen molar-refractivity contribution in [3.8, 4) is 24.7 Å². The van der Waals surface area contributed by atoms with Gasteiger partial charge < -0.3 is 0 Å². The highest BCUT2D eigenvalue weighted by Crippen LogP contribution is 2.40. The van der Waals surface area contributed by atoms with Crippen molar-refractivity contribution in [1.29, 1.82) is 0 Å². The number of ketones is 1. The maximum Gasteiger partial charge on any atom is 0.171 e. The number of Topliss-reactive ketones (excluding diaryl/α,β-unsaturated/α-hetero) is 1. The summed E-state index contributed by atoms with van der Waals surface area (Å²) in [6.45, 7) is 0. The third-order valence-corrected chi connectivity index (χ3v) is 3.50. The molecule has 0 N–H and O–H groups in total. The van der Waals surface area contributed by atoms with Crippen LogP contribution in [-0.4, -0.2) is 5.78 Å². The van der Waals surface area contributed by atoms with Gasteiger partial charge in [0.25, 0.3) is 0 Å². The minimum absolute atomic E-state index is 0.121. The first-order valence-corrected chi connectivity index (χ1v) is 5.73. The molecule has 0 atom stereocenters. The van der Waals surface area contributed by atoms with Crippen LogP contribution in [0.3, 0.4) is 0 Å². The van der Waals surface area contributed by atoms with Crippen LogP contribution in [0.2, 0.25) is 0 Å². The Morgan fingerprint density at radius 2 is 1.82 bits per heavy atom. The highest BCUT2D eigenvalue weighted by Gasteiger charge is 2.41. The Hall–Kier alpha value is -1.99. The van der Waals surface area contributed by atoms with Gasteiger partial charge in [0.2, 0.25) is 0 Å². The average molecular weight is 222 g/mol. The van der Waals surface area contributed by atoms with Gasteiger partial charge in [0.05, 0.1) is 5.41 Å². The fourth-order valence-electron chi connectivity index (χ4n) is 2.52. The van der Waals surface area contributed by atoms with E-state index in [1.165, 1.54) is 0 Å². The highest BCUT2D eigenvalue weighted by atomic mass is 16.1. The molecule has 84 valence electrons. The van der Waals surface area contributed by atoms with Crippen molar-refractivity contribution < 1.29 is 4.79 Å². The molecule has 0 spiro atoms. The summed E-state index contributed by atoms with van der Waals surface area (Å²) in [5.41, 5.74) is 1.38. The van der Waals surface area contributed by atoms with E-state index in [1.807, 2.05) is 24.3 Å². The van der Waals surface area contributed by atoms with E-state index in [4.69, 9.17) is 12.8 Å². The van der Waals surface area contributed by atoms with Gasteiger partial charge >= 0.3 is 0 Å². The zero-order valence-electron chi connectivity index (χ0n) is 9.70. The number of terminal acetylenes is 2. The second-order valence-electron chi connectivity index (χ2n) is 4.53. The van der Waals surface area contributed by atoms with Crippen molar-refractivity contribution in [1.82, 2.24) is 0 Å². The Morgan fingerprint density at radius 3 is 2.47 bits per heavy atom. The van der Waals surface area contributed by atoms with E-state index in [-0.39, 0.29) is 5.78 Å². The number of hydrogen-bond donors (Lipinski definition) is 0. The minimum atomic E-state index is -0.530. The molecule has 0 aliphatic heterocycles. The third-order valence-electron chi connectivity index (χ3n) is 3.50. The molecule has 0 amide bonds. The summed E-state index contributed by atoms with van der Waals surface area (Å²) in [6, 6.07) is 7.72. The maximum absolute atomic E-state index is 12.5. The van der Waals surface area contributed by atoms with Crippen LogP contribution in [0.15, 0.2) is 24.3 Å². The summed E-state index contributed by atoms with van der Waals surface area (Å²) in [6.07, 6.45) is 13.3. The molecule has 0 unspecified atom stereocenters. The second-order valence-corrected chi connectivity index (χ2v) is 4.53. The second kappa shape index (κ2) is 4.48. The number of carbonyl (C=O) groups is 1. The van der Waals surface area contributed by atoms with Crippen molar-refractivity contribution in [2.24, 2.45) is 5.41 Å². The highest BCUT2D eigenvalue weighted by molar-refractivity contribution is 6.03. The first kappa shape index (κ1) is 11.5. The Kier molecular flexibility index (Phi) is 3.03. The molecular weight excluding hydrogens is 208 g/mol. The van der Waals surface area contributed by atoms with Crippen LogP contribution in [0.4, 0.5) is 0 Å². The van der Waals surface area contributed by atoms with Gasteiger partial charge in [-0.15, -0.1) is 24.7 Å². The van der Waals surface area contributed by atoms with Crippen molar-refractivity contribution >= 4 is 5.78 Å². The van der Waals surface area contributed by atoms with Gasteiger partial charge in [0.15, 0.2) is 5.78 Å². The number of aryl methyl sites for hydroxylation is 1. The van der Waals surface area contributed by atoms with Crippen LogP contribution < -0.4 is 0 Å². The van der Waals surface area contributed by atoms with Gasteiger partial charge in [-0.2, -0.15) is 0 Å². The first-order chi connectivity index (χ1) is 8.23. The van der Waals surface area contributed by atoms with Gasteiger partial charge in [0, 0.05) is 18.4 Å². The number of fused-ring (bicyclic) bond motifs is 1. The van der Waals surface area contributed by atoms with Gasteiger partial charge in [0.1, 0.15) is 0 Å². The summed E-state index contributed by atoms with van der Waals surface area (Å²) in [5.74, 6) is 5.34. The smallest absolute Gasteiger partial charge is 0.171 e.